The Balaban J connectivity index is 0.00000133. The number of para-hydroxylation sites is 1. The van der Waals surface area contributed by atoms with Crippen LogP contribution in [0.15, 0.2) is 24.3 Å². The number of benzene rings is 1. The monoisotopic (exact) mass is 280 g/mol. The van der Waals surface area contributed by atoms with Crippen LogP contribution in [0, 0.1) is 11.8 Å². The molecule has 2 atom stereocenters. The number of carbonyl (C=O) groups is 1. The van der Waals surface area contributed by atoms with Crippen LogP contribution in [0.1, 0.15) is 36.0 Å². The zero-order valence-electron chi connectivity index (χ0n) is 11.0. The first kappa shape index (κ1) is 14.2. The van der Waals surface area contributed by atoms with Crippen molar-refractivity contribution in [1.29, 1.82) is 0 Å². The number of anilines is 1. The molecule has 1 saturated carbocycles. The highest BCUT2D eigenvalue weighted by atomic mass is 35.5. The molecule has 1 aliphatic heterocycles. The Morgan fingerprint density at radius 1 is 1.11 bits per heavy atom. The smallest absolute Gasteiger partial charge is 0.255 e. The van der Waals surface area contributed by atoms with Crippen molar-refractivity contribution in [3.63, 3.8) is 0 Å². The molecule has 2 aliphatic rings. The summed E-state index contributed by atoms with van der Waals surface area (Å²) in [6, 6.07) is 7.39. The van der Waals surface area contributed by atoms with E-state index in [1.807, 2.05) is 23.1 Å². The van der Waals surface area contributed by atoms with Crippen LogP contribution in [-0.2, 0) is 0 Å². The second kappa shape index (κ2) is 5.83. The minimum absolute atomic E-state index is 0. The highest BCUT2D eigenvalue weighted by Gasteiger charge is 2.36. The number of nitrogens with two attached hydrogens (primary N) is 1. The highest BCUT2D eigenvalue weighted by Crippen LogP contribution is 2.36. The predicted molar refractivity (Wildman–Crippen MR) is 79.5 cm³/mol. The molecule has 0 aromatic heterocycles. The third kappa shape index (κ3) is 2.71. The number of nitrogens with zero attached hydrogens (tertiary/aromatic N) is 1. The minimum atomic E-state index is 0. The van der Waals surface area contributed by atoms with Crippen LogP contribution in [0.25, 0.3) is 0 Å². The van der Waals surface area contributed by atoms with E-state index < -0.39 is 0 Å². The van der Waals surface area contributed by atoms with Gasteiger partial charge in [-0.1, -0.05) is 25.0 Å². The largest absolute Gasteiger partial charge is 0.398 e. The van der Waals surface area contributed by atoms with E-state index in [4.69, 9.17) is 5.73 Å². The Kier molecular flexibility index (Phi) is 4.35. The molecular formula is C15H21ClN2O. The number of amides is 1. The van der Waals surface area contributed by atoms with Gasteiger partial charge in [0, 0.05) is 18.8 Å². The van der Waals surface area contributed by atoms with Crippen LogP contribution in [0.2, 0.25) is 0 Å². The topological polar surface area (TPSA) is 46.3 Å². The molecule has 1 aromatic rings. The van der Waals surface area contributed by atoms with Crippen molar-refractivity contribution >= 4 is 24.0 Å². The fraction of sp³-hybridized carbons (Fsp3) is 0.533. The third-order valence-electron chi connectivity index (χ3n) is 4.45. The molecule has 0 bridgehead atoms. The van der Waals surface area contributed by atoms with Crippen molar-refractivity contribution in [2.45, 2.75) is 25.7 Å². The molecule has 4 heteroatoms. The number of hydrogen-bond donors (Lipinski definition) is 1. The maximum absolute atomic E-state index is 12.5. The zero-order chi connectivity index (χ0) is 12.5. The summed E-state index contributed by atoms with van der Waals surface area (Å²) < 4.78 is 0. The number of fused-ring (bicyclic) bond motifs is 1. The Bertz CT molecular complexity index is 449. The third-order valence-corrected chi connectivity index (χ3v) is 4.45. The Labute approximate surface area is 120 Å². The Morgan fingerprint density at radius 2 is 1.68 bits per heavy atom. The van der Waals surface area contributed by atoms with Crippen molar-refractivity contribution in [2.75, 3.05) is 18.8 Å². The summed E-state index contributed by atoms with van der Waals surface area (Å²) in [5.41, 5.74) is 7.15. The molecule has 2 N–H and O–H groups in total. The van der Waals surface area contributed by atoms with Gasteiger partial charge in [-0.3, -0.25) is 4.79 Å². The van der Waals surface area contributed by atoms with Crippen LogP contribution < -0.4 is 5.73 Å². The fourth-order valence-corrected chi connectivity index (χ4v) is 3.43. The van der Waals surface area contributed by atoms with E-state index in [1.165, 1.54) is 25.7 Å². The summed E-state index contributed by atoms with van der Waals surface area (Å²) in [6.45, 7) is 1.86. The number of hydrogen-bond acceptors (Lipinski definition) is 2. The molecule has 0 spiro atoms. The van der Waals surface area contributed by atoms with Gasteiger partial charge in [-0.15, -0.1) is 12.4 Å². The predicted octanol–water partition coefficient (Wildman–Crippen LogP) is 2.95. The van der Waals surface area contributed by atoms with Crippen LogP contribution in [0.3, 0.4) is 0 Å². The molecule has 1 heterocycles. The van der Waals surface area contributed by atoms with E-state index in [0.717, 1.165) is 24.9 Å². The van der Waals surface area contributed by atoms with Crippen molar-refractivity contribution in [3.05, 3.63) is 29.8 Å². The quantitative estimate of drug-likeness (QED) is 0.804. The van der Waals surface area contributed by atoms with E-state index in [2.05, 4.69) is 0 Å². The molecule has 104 valence electrons. The normalized spacial score (nSPS) is 25.6. The number of halogens is 1. The summed E-state index contributed by atoms with van der Waals surface area (Å²) in [6.07, 6.45) is 5.24. The summed E-state index contributed by atoms with van der Waals surface area (Å²) >= 11 is 0. The first-order valence-electron chi connectivity index (χ1n) is 6.89. The molecule has 1 saturated heterocycles. The standard InChI is InChI=1S/C15H20N2O.ClH/c16-14-8-4-3-7-13(14)15(18)17-9-11-5-1-2-6-12(11)10-17;/h3-4,7-8,11-12H,1-2,5-6,9-10,16H2;1H. The number of carbonyl (C=O) groups excluding carboxylic acids is 1. The molecule has 1 amide bonds. The lowest BCUT2D eigenvalue weighted by atomic mass is 9.82. The maximum Gasteiger partial charge on any atom is 0.255 e. The molecule has 2 fully saturated rings. The molecule has 3 rings (SSSR count). The van der Waals surface area contributed by atoms with Crippen LogP contribution in [0.5, 0.6) is 0 Å². The molecule has 1 aliphatic carbocycles. The fourth-order valence-electron chi connectivity index (χ4n) is 3.43. The van der Waals surface area contributed by atoms with Crippen LogP contribution >= 0.6 is 12.4 Å². The summed E-state index contributed by atoms with van der Waals surface area (Å²) in [7, 11) is 0. The number of nitrogen functional groups attached to an aromatic ring is 1. The second-order valence-corrected chi connectivity index (χ2v) is 5.60. The maximum atomic E-state index is 12.5. The van der Waals surface area contributed by atoms with Gasteiger partial charge in [0.05, 0.1) is 5.56 Å². The van der Waals surface area contributed by atoms with Gasteiger partial charge in [-0.25, -0.2) is 0 Å². The van der Waals surface area contributed by atoms with Gasteiger partial charge < -0.3 is 10.6 Å². The molecular weight excluding hydrogens is 260 g/mol. The van der Waals surface area contributed by atoms with Crippen molar-refractivity contribution in [1.82, 2.24) is 4.90 Å². The van der Waals surface area contributed by atoms with Crippen LogP contribution in [-0.4, -0.2) is 23.9 Å². The minimum Gasteiger partial charge on any atom is -0.398 e. The SMILES string of the molecule is Cl.Nc1ccccc1C(=O)N1CC2CCCCC2C1. The molecule has 3 nitrogen and oxygen atoms in total. The average molecular weight is 281 g/mol. The summed E-state index contributed by atoms with van der Waals surface area (Å²) in [5, 5.41) is 0. The average Bonchev–Trinajstić information content (AvgIpc) is 2.82. The van der Waals surface area contributed by atoms with Gasteiger partial charge in [0.1, 0.15) is 0 Å². The molecule has 19 heavy (non-hydrogen) atoms. The van der Waals surface area contributed by atoms with Crippen molar-refractivity contribution in [3.8, 4) is 0 Å². The lowest BCUT2D eigenvalue weighted by Crippen LogP contribution is -2.29. The van der Waals surface area contributed by atoms with E-state index >= 15 is 0 Å². The number of rotatable bonds is 1. The molecule has 2 unspecified atom stereocenters. The Morgan fingerprint density at radius 3 is 2.26 bits per heavy atom. The summed E-state index contributed by atoms with van der Waals surface area (Å²) in [5.74, 6) is 1.57. The van der Waals surface area contributed by atoms with E-state index in [0.29, 0.717) is 11.3 Å². The Hall–Kier alpha value is -1.22. The van der Waals surface area contributed by atoms with Crippen molar-refractivity contribution < 1.29 is 4.79 Å². The number of likely N-dealkylation sites (tertiary alicyclic amines) is 1. The molecule has 0 radical (unpaired) electrons. The van der Waals surface area contributed by atoms with Gasteiger partial charge >= 0.3 is 0 Å². The second-order valence-electron chi connectivity index (χ2n) is 5.60. The van der Waals surface area contributed by atoms with Crippen LogP contribution in [0.4, 0.5) is 5.69 Å². The lowest BCUT2D eigenvalue weighted by Gasteiger charge is -2.22. The zero-order valence-corrected chi connectivity index (χ0v) is 11.9. The van der Waals surface area contributed by atoms with Gasteiger partial charge in [0.25, 0.3) is 5.91 Å². The summed E-state index contributed by atoms with van der Waals surface area (Å²) in [4.78, 5) is 14.5. The van der Waals surface area contributed by atoms with Gasteiger partial charge in [-0.05, 0) is 36.8 Å². The van der Waals surface area contributed by atoms with Crippen molar-refractivity contribution in [2.24, 2.45) is 11.8 Å². The van der Waals surface area contributed by atoms with E-state index in [-0.39, 0.29) is 18.3 Å². The first-order valence-corrected chi connectivity index (χ1v) is 6.89. The van der Waals surface area contributed by atoms with Gasteiger partial charge in [0.15, 0.2) is 0 Å². The van der Waals surface area contributed by atoms with E-state index in [1.54, 1.807) is 6.07 Å². The first-order chi connectivity index (χ1) is 8.75. The molecule has 1 aromatic carbocycles. The highest BCUT2D eigenvalue weighted by molar-refractivity contribution is 5.99. The van der Waals surface area contributed by atoms with E-state index in [9.17, 15) is 4.79 Å². The lowest BCUT2D eigenvalue weighted by molar-refractivity contribution is 0.0785. The van der Waals surface area contributed by atoms with Gasteiger partial charge in [0.2, 0.25) is 0 Å². The van der Waals surface area contributed by atoms with Gasteiger partial charge in [-0.2, -0.15) is 0 Å².